The molecule has 2 N–H and O–H groups in total. The molecule has 2 aromatic carbocycles. The van der Waals surface area contributed by atoms with E-state index in [-0.39, 0.29) is 25.0 Å². The molecule has 2 atom stereocenters. The number of ether oxygens (including phenoxy) is 1. The first kappa shape index (κ1) is 18.6. The van der Waals surface area contributed by atoms with Crippen LogP contribution in [0.4, 0.5) is 5.69 Å². The molecule has 2 amide bonds. The molecule has 1 fully saturated rings. The van der Waals surface area contributed by atoms with Crippen molar-refractivity contribution in [1.82, 2.24) is 4.90 Å². The monoisotopic (exact) mass is 365 g/mol. The first-order valence-electron chi connectivity index (χ1n) is 8.43. The fourth-order valence-corrected chi connectivity index (χ4v) is 2.99. The van der Waals surface area contributed by atoms with Crippen LogP contribution in [0.25, 0.3) is 0 Å². The van der Waals surface area contributed by atoms with Crippen molar-refractivity contribution in [3.8, 4) is 6.07 Å². The number of aliphatic hydroxyl groups is 1. The fourth-order valence-electron chi connectivity index (χ4n) is 2.99. The molecule has 1 aliphatic heterocycles. The highest BCUT2D eigenvalue weighted by Gasteiger charge is 2.34. The van der Waals surface area contributed by atoms with E-state index >= 15 is 0 Å². The van der Waals surface area contributed by atoms with Crippen molar-refractivity contribution >= 4 is 17.5 Å². The summed E-state index contributed by atoms with van der Waals surface area (Å²) in [4.78, 5) is 25.5. The van der Waals surface area contributed by atoms with Gasteiger partial charge in [-0.2, -0.15) is 5.26 Å². The average molecular weight is 365 g/mol. The second-order valence-corrected chi connectivity index (χ2v) is 6.25. The van der Waals surface area contributed by atoms with Crippen molar-refractivity contribution in [1.29, 1.82) is 5.26 Å². The zero-order valence-electron chi connectivity index (χ0n) is 14.8. The first-order valence-corrected chi connectivity index (χ1v) is 8.43. The molecule has 1 heterocycles. The predicted octanol–water partition coefficient (Wildman–Crippen LogP) is 1.70. The molecule has 7 heteroatoms. The Labute approximate surface area is 156 Å². The van der Waals surface area contributed by atoms with E-state index in [1.165, 1.54) is 11.0 Å². The van der Waals surface area contributed by atoms with Gasteiger partial charge in [0.1, 0.15) is 12.7 Å². The summed E-state index contributed by atoms with van der Waals surface area (Å²) < 4.78 is 5.60. The van der Waals surface area contributed by atoms with Crippen molar-refractivity contribution in [2.24, 2.45) is 0 Å². The number of rotatable bonds is 4. The Morgan fingerprint density at radius 2 is 2.07 bits per heavy atom. The molecule has 0 aliphatic carbocycles. The van der Waals surface area contributed by atoms with Gasteiger partial charge in [-0.25, -0.2) is 0 Å². The lowest BCUT2D eigenvalue weighted by Gasteiger charge is -2.38. The summed E-state index contributed by atoms with van der Waals surface area (Å²) in [7, 11) is 1.64. The third kappa shape index (κ3) is 3.97. The van der Waals surface area contributed by atoms with E-state index < -0.39 is 12.1 Å². The van der Waals surface area contributed by atoms with Crippen LogP contribution in [0.5, 0.6) is 0 Å². The fraction of sp³-hybridized carbons (Fsp3) is 0.250. The predicted molar refractivity (Wildman–Crippen MR) is 97.9 cm³/mol. The lowest BCUT2D eigenvalue weighted by atomic mass is 9.99. The Morgan fingerprint density at radius 1 is 1.33 bits per heavy atom. The number of carbonyl (C=O) groups is 2. The van der Waals surface area contributed by atoms with Gasteiger partial charge in [-0.3, -0.25) is 9.59 Å². The van der Waals surface area contributed by atoms with Gasteiger partial charge in [0.2, 0.25) is 5.91 Å². The molecule has 0 spiro atoms. The van der Waals surface area contributed by atoms with E-state index in [9.17, 15) is 14.7 Å². The molecule has 27 heavy (non-hydrogen) atoms. The van der Waals surface area contributed by atoms with Gasteiger partial charge in [-0.15, -0.1) is 0 Å². The standard InChI is InChI=1S/C20H19N3O4/c1-23-17(11-24)19(27-12-18(23)25)14-5-7-16(8-6-14)22-20(26)15-4-2-3-13(9-15)10-21/h2-9,17,19,24H,11-12H2,1H3,(H,22,26)/t17-,19-/m1/s1. The Bertz CT molecular complexity index is 889. The van der Waals surface area contributed by atoms with E-state index in [0.29, 0.717) is 16.8 Å². The van der Waals surface area contributed by atoms with Gasteiger partial charge < -0.3 is 20.1 Å². The van der Waals surface area contributed by atoms with Crippen molar-refractivity contribution in [2.75, 3.05) is 25.6 Å². The Kier molecular flexibility index (Phi) is 5.50. The van der Waals surface area contributed by atoms with Crippen LogP contribution in [0.2, 0.25) is 0 Å². The Hall–Kier alpha value is -3.21. The highest BCUT2D eigenvalue weighted by molar-refractivity contribution is 6.04. The van der Waals surface area contributed by atoms with E-state index in [0.717, 1.165) is 5.56 Å². The van der Waals surface area contributed by atoms with E-state index in [4.69, 9.17) is 10.00 Å². The molecule has 0 bridgehead atoms. The lowest BCUT2D eigenvalue weighted by Crippen LogP contribution is -2.50. The minimum Gasteiger partial charge on any atom is -0.394 e. The van der Waals surface area contributed by atoms with Crippen LogP contribution in [-0.2, 0) is 9.53 Å². The molecule has 0 saturated carbocycles. The summed E-state index contributed by atoms with van der Waals surface area (Å²) in [5.74, 6) is -0.485. The highest BCUT2D eigenvalue weighted by atomic mass is 16.5. The normalized spacial score (nSPS) is 19.4. The third-order valence-corrected chi connectivity index (χ3v) is 4.56. The summed E-state index contributed by atoms with van der Waals surface area (Å²) in [5, 5.41) is 21.3. The zero-order valence-corrected chi connectivity index (χ0v) is 14.8. The van der Waals surface area contributed by atoms with Crippen LogP contribution in [0.3, 0.4) is 0 Å². The third-order valence-electron chi connectivity index (χ3n) is 4.56. The molecule has 1 aliphatic rings. The van der Waals surface area contributed by atoms with E-state index in [2.05, 4.69) is 5.32 Å². The maximum Gasteiger partial charge on any atom is 0.255 e. The summed E-state index contributed by atoms with van der Waals surface area (Å²) in [5.41, 5.74) is 2.21. The van der Waals surface area contributed by atoms with Crippen LogP contribution in [0.1, 0.15) is 27.6 Å². The number of aliphatic hydroxyl groups excluding tert-OH is 1. The minimum absolute atomic E-state index is 0.0363. The van der Waals surface area contributed by atoms with Crippen LogP contribution in [0.15, 0.2) is 48.5 Å². The number of anilines is 1. The second-order valence-electron chi connectivity index (χ2n) is 6.25. The second kappa shape index (κ2) is 7.99. The van der Waals surface area contributed by atoms with Gasteiger partial charge in [-0.1, -0.05) is 18.2 Å². The number of carbonyl (C=O) groups excluding carboxylic acids is 2. The highest BCUT2D eigenvalue weighted by Crippen LogP contribution is 2.29. The number of benzene rings is 2. The number of morpholine rings is 1. The first-order chi connectivity index (χ1) is 13.0. The molecule has 0 aromatic heterocycles. The molecule has 1 saturated heterocycles. The van der Waals surface area contributed by atoms with Gasteiger partial charge >= 0.3 is 0 Å². The van der Waals surface area contributed by atoms with Crippen LogP contribution in [-0.4, -0.2) is 48.1 Å². The summed E-state index contributed by atoms with van der Waals surface area (Å²) >= 11 is 0. The minimum atomic E-state index is -0.458. The number of nitrogens with zero attached hydrogens (tertiary/aromatic N) is 2. The zero-order chi connectivity index (χ0) is 19.4. The largest absolute Gasteiger partial charge is 0.394 e. The van der Waals surface area contributed by atoms with Crippen molar-refractivity contribution in [3.63, 3.8) is 0 Å². The molecule has 138 valence electrons. The lowest BCUT2D eigenvalue weighted by molar-refractivity contribution is -0.157. The van der Waals surface area contributed by atoms with Crippen molar-refractivity contribution < 1.29 is 19.4 Å². The summed E-state index contributed by atoms with van der Waals surface area (Å²) in [6.07, 6.45) is -0.435. The molecule has 2 aromatic rings. The summed E-state index contributed by atoms with van der Waals surface area (Å²) in [6, 6.07) is 15.0. The van der Waals surface area contributed by atoms with E-state index in [1.54, 1.807) is 49.5 Å². The van der Waals surface area contributed by atoms with Crippen LogP contribution >= 0.6 is 0 Å². The number of hydrogen-bond donors (Lipinski definition) is 2. The van der Waals surface area contributed by atoms with Gasteiger partial charge in [0.15, 0.2) is 0 Å². The smallest absolute Gasteiger partial charge is 0.255 e. The number of hydrogen-bond acceptors (Lipinski definition) is 5. The molecule has 7 nitrogen and oxygen atoms in total. The SMILES string of the molecule is CN1C(=O)CO[C@H](c2ccc(NC(=O)c3cccc(C#N)c3)cc2)[C@H]1CO. The van der Waals surface area contributed by atoms with Crippen molar-refractivity contribution in [3.05, 3.63) is 65.2 Å². The number of nitriles is 1. The van der Waals surface area contributed by atoms with Crippen LogP contribution < -0.4 is 5.32 Å². The van der Waals surface area contributed by atoms with Gasteiger partial charge in [0.05, 0.1) is 24.3 Å². The molecular formula is C20H19N3O4. The quantitative estimate of drug-likeness (QED) is 0.858. The Morgan fingerprint density at radius 3 is 2.74 bits per heavy atom. The molecular weight excluding hydrogens is 346 g/mol. The topological polar surface area (TPSA) is 103 Å². The molecule has 0 radical (unpaired) electrons. The number of nitrogens with one attached hydrogen (secondary N) is 1. The molecule has 0 unspecified atom stereocenters. The number of amides is 2. The van der Waals surface area contributed by atoms with Gasteiger partial charge in [-0.05, 0) is 35.9 Å². The number of likely N-dealkylation sites (N-methyl/N-ethyl adjacent to an activating group) is 1. The van der Waals surface area contributed by atoms with Crippen molar-refractivity contribution in [2.45, 2.75) is 12.1 Å². The van der Waals surface area contributed by atoms with Gasteiger partial charge in [0.25, 0.3) is 5.91 Å². The average Bonchev–Trinajstić information content (AvgIpc) is 2.70. The summed E-state index contributed by atoms with van der Waals surface area (Å²) in [6.45, 7) is -0.244. The van der Waals surface area contributed by atoms with E-state index in [1.807, 2.05) is 6.07 Å². The molecule has 3 rings (SSSR count). The maximum atomic E-state index is 12.3. The van der Waals surface area contributed by atoms with Gasteiger partial charge in [0, 0.05) is 18.3 Å². The Balaban J connectivity index is 1.72. The maximum absolute atomic E-state index is 12.3. The van der Waals surface area contributed by atoms with Crippen LogP contribution in [0, 0.1) is 11.3 Å².